The Balaban J connectivity index is 1.57. The number of nitrogen functional groups attached to an aromatic ring is 1. The molecule has 10 nitrogen and oxygen atoms in total. The number of hydrogen-bond acceptors (Lipinski definition) is 9. The number of thioether (sulfide) groups is 1. The van der Waals surface area contributed by atoms with Gasteiger partial charge in [0.25, 0.3) is 0 Å². The van der Waals surface area contributed by atoms with Crippen LogP contribution in [0, 0.1) is 23.7 Å². The molecule has 5 N–H and O–H groups in total. The number of anilines is 3. The highest BCUT2D eigenvalue weighted by atomic mass is 32.2. The Bertz CT molecular complexity index is 1440. The molecule has 0 bridgehead atoms. The van der Waals surface area contributed by atoms with Crippen molar-refractivity contribution in [3.8, 4) is 23.1 Å². The molecule has 0 aliphatic heterocycles. The minimum Gasteiger partial charge on any atom is -0.475 e. The fourth-order valence-electron chi connectivity index (χ4n) is 3.26. The Labute approximate surface area is 209 Å². The molecule has 180 valence electrons. The number of benzene rings is 1. The van der Waals surface area contributed by atoms with Gasteiger partial charge in [-0.05, 0) is 35.9 Å². The van der Waals surface area contributed by atoms with Crippen molar-refractivity contribution >= 4 is 34.8 Å². The lowest BCUT2D eigenvalue weighted by molar-refractivity contribution is 0.196. The van der Waals surface area contributed by atoms with E-state index in [9.17, 15) is 9.65 Å². The molecule has 4 rings (SSSR count). The quantitative estimate of drug-likeness (QED) is 0.193. The number of rotatable bonds is 9. The SMILES string of the molecule is [C-]#[N+]c1c(N)nc(SCc2cc(Nc3ccc(F)cc3)n[nH]2)c(C#N)c1-c1ccc(OCCO)nc1. The van der Waals surface area contributed by atoms with Crippen molar-refractivity contribution in [2.75, 3.05) is 24.3 Å². The molecule has 1 aromatic carbocycles. The van der Waals surface area contributed by atoms with Gasteiger partial charge in [-0.2, -0.15) is 10.4 Å². The van der Waals surface area contributed by atoms with Crippen molar-refractivity contribution < 1.29 is 14.2 Å². The summed E-state index contributed by atoms with van der Waals surface area (Å²) in [5, 5.41) is 29.4. The Morgan fingerprint density at radius 3 is 2.75 bits per heavy atom. The molecular formula is C24H19FN8O2S. The van der Waals surface area contributed by atoms with Crippen molar-refractivity contribution in [3.05, 3.63) is 77.2 Å². The second-order valence-electron chi connectivity index (χ2n) is 7.28. The maximum Gasteiger partial charge on any atom is 0.237 e. The van der Waals surface area contributed by atoms with Gasteiger partial charge < -0.3 is 20.9 Å². The molecule has 0 spiro atoms. The highest BCUT2D eigenvalue weighted by Crippen LogP contribution is 2.41. The lowest BCUT2D eigenvalue weighted by atomic mass is 10.0. The molecule has 0 saturated carbocycles. The summed E-state index contributed by atoms with van der Waals surface area (Å²) in [5.41, 5.74) is 8.63. The van der Waals surface area contributed by atoms with Crippen LogP contribution in [0.2, 0.25) is 0 Å². The second kappa shape index (κ2) is 11.2. The fraction of sp³-hybridized carbons (Fsp3) is 0.125. The Morgan fingerprint density at radius 2 is 2.08 bits per heavy atom. The Morgan fingerprint density at radius 1 is 1.28 bits per heavy atom. The molecule has 12 heteroatoms. The monoisotopic (exact) mass is 502 g/mol. The standard InChI is InChI=1S/C24H19FN8O2S/c1-28-22-21(14-2-7-20(29-12-14)35-9-8-34)18(11-26)24(31-23(22)27)36-13-17-10-19(33-32-17)30-16-5-3-15(25)4-6-16/h2-7,10,12,34H,8-9,13H2,(H2,27,31)(H2,30,32,33). The average molecular weight is 503 g/mol. The minimum absolute atomic E-state index is 0.00498. The van der Waals surface area contributed by atoms with Gasteiger partial charge in [0.05, 0.1) is 18.7 Å². The highest BCUT2D eigenvalue weighted by Gasteiger charge is 2.21. The number of aliphatic hydroxyl groups excluding tert-OH is 1. The van der Waals surface area contributed by atoms with E-state index < -0.39 is 0 Å². The van der Waals surface area contributed by atoms with Crippen LogP contribution in [0.5, 0.6) is 5.88 Å². The van der Waals surface area contributed by atoms with Crippen LogP contribution < -0.4 is 15.8 Å². The van der Waals surface area contributed by atoms with Gasteiger partial charge in [-0.3, -0.25) is 5.10 Å². The third-order valence-electron chi connectivity index (χ3n) is 4.87. The van der Waals surface area contributed by atoms with Crippen LogP contribution in [-0.4, -0.2) is 38.5 Å². The van der Waals surface area contributed by atoms with Crippen molar-refractivity contribution in [2.45, 2.75) is 10.8 Å². The molecule has 0 fully saturated rings. The van der Waals surface area contributed by atoms with Crippen LogP contribution in [0.15, 0.2) is 53.7 Å². The lowest BCUT2D eigenvalue weighted by Crippen LogP contribution is -2.03. The predicted molar refractivity (Wildman–Crippen MR) is 133 cm³/mol. The van der Waals surface area contributed by atoms with Crippen LogP contribution in [0.1, 0.15) is 11.3 Å². The summed E-state index contributed by atoms with van der Waals surface area (Å²) >= 11 is 1.26. The van der Waals surface area contributed by atoms with Crippen LogP contribution in [0.3, 0.4) is 0 Å². The number of pyridine rings is 2. The molecule has 36 heavy (non-hydrogen) atoms. The summed E-state index contributed by atoms with van der Waals surface area (Å²) in [5.74, 6) is 0.915. The van der Waals surface area contributed by atoms with Crippen molar-refractivity contribution in [3.63, 3.8) is 0 Å². The number of aromatic amines is 1. The number of nitrogens with one attached hydrogen (secondary N) is 2. The number of halogens is 1. The van der Waals surface area contributed by atoms with E-state index in [1.807, 2.05) is 0 Å². The van der Waals surface area contributed by atoms with E-state index in [0.29, 0.717) is 39.3 Å². The predicted octanol–water partition coefficient (Wildman–Crippen LogP) is 4.42. The Hall–Kier alpha value is -4.65. The van der Waals surface area contributed by atoms with Gasteiger partial charge in [-0.1, -0.05) is 11.8 Å². The topological polar surface area (TPSA) is 150 Å². The molecule has 0 unspecified atom stereocenters. The lowest BCUT2D eigenvalue weighted by Gasteiger charge is -2.13. The van der Waals surface area contributed by atoms with Crippen molar-refractivity contribution in [2.24, 2.45) is 0 Å². The van der Waals surface area contributed by atoms with E-state index in [0.717, 1.165) is 5.69 Å². The zero-order valence-electron chi connectivity index (χ0n) is 18.7. The van der Waals surface area contributed by atoms with Crippen LogP contribution in [-0.2, 0) is 5.75 Å². The van der Waals surface area contributed by atoms with E-state index in [1.165, 1.54) is 30.1 Å². The number of nitrogens with zero attached hydrogens (tertiary/aromatic N) is 5. The first-order valence-electron chi connectivity index (χ1n) is 10.5. The molecule has 4 aromatic rings. The van der Waals surface area contributed by atoms with Gasteiger partial charge >= 0.3 is 0 Å². The fourth-order valence-corrected chi connectivity index (χ4v) is 4.16. The first-order valence-corrected chi connectivity index (χ1v) is 11.5. The molecule has 0 aliphatic rings. The van der Waals surface area contributed by atoms with Crippen molar-refractivity contribution in [1.29, 1.82) is 5.26 Å². The van der Waals surface area contributed by atoms with Crippen LogP contribution in [0.4, 0.5) is 27.4 Å². The molecule has 0 amide bonds. The number of hydrogen-bond donors (Lipinski definition) is 4. The van der Waals surface area contributed by atoms with Gasteiger partial charge in [0.1, 0.15) is 29.3 Å². The van der Waals surface area contributed by atoms with E-state index in [4.69, 9.17) is 22.1 Å². The molecule has 0 aliphatic carbocycles. The second-order valence-corrected chi connectivity index (χ2v) is 8.24. The normalized spacial score (nSPS) is 10.4. The van der Waals surface area contributed by atoms with Crippen LogP contribution in [0.25, 0.3) is 16.0 Å². The summed E-state index contributed by atoms with van der Waals surface area (Å²) in [4.78, 5) is 12.0. The first kappa shape index (κ1) is 24.5. The summed E-state index contributed by atoms with van der Waals surface area (Å²) in [7, 11) is 0. The molecule has 3 aromatic heterocycles. The zero-order chi connectivity index (χ0) is 25.5. The summed E-state index contributed by atoms with van der Waals surface area (Å²) in [6, 6.07) is 13.1. The van der Waals surface area contributed by atoms with E-state index in [2.05, 4.69) is 36.4 Å². The summed E-state index contributed by atoms with van der Waals surface area (Å²) in [6.45, 7) is 7.52. The van der Waals surface area contributed by atoms with Gasteiger partial charge in [0.15, 0.2) is 5.82 Å². The molecule has 0 saturated heterocycles. The summed E-state index contributed by atoms with van der Waals surface area (Å²) < 4.78 is 18.4. The minimum atomic E-state index is -0.329. The number of aromatic nitrogens is 4. The van der Waals surface area contributed by atoms with Gasteiger partial charge in [0, 0.05) is 41.0 Å². The Kier molecular flexibility index (Phi) is 7.60. The summed E-state index contributed by atoms with van der Waals surface area (Å²) in [6.07, 6.45) is 1.48. The third-order valence-corrected chi connectivity index (χ3v) is 5.89. The van der Waals surface area contributed by atoms with Gasteiger partial charge in [0.2, 0.25) is 11.6 Å². The average Bonchev–Trinajstić information content (AvgIpc) is 3.34. The smallest absolute Gasteiger partial charge is 0.237 e. The van der Waals surface area contributed by atoms with Crippen LogP contribution >= 0.6 is 11.8 Å². The van der Waals surface area contributed by atoms with E-state index >= 15 is 0 Å². The third kappa shape index (κ3) is 5.52. The maximum atomic E-state index is 13.1. The van der Waals surface area contributed by atoms with E-state index in [-0.39, 0.29) is 36.1 Å². The molecule has 3 heterocycles. The van der Waals surface area contributed by atoms with E-state index in [1.54, 1.807) is 30.3 Å². The number of aliphatic hydroxyl groups is 1. The van der Waals surface area contributed by atoms with Gasteiger partial charge in [-0.25, -0.2) is 19.2 Å². The molecular weight excluding hydrogens is 483 g/mol. The van der Waals surface area contributed by atoms with Crippen molar-refractivity contribution in [1.82, 2.24) is 20.2 Å². The zero-order valence-corrected chi connectivity index (χ0v) is 19.5. The molecule has 0 atom stereocenters. The number of nitrogens with two attached hydrogens (primary N) is 1. The number of ether oxygens (including phenoxy) is 1. The number of nitriles is 1. The first-order chi connectivity index (χ1) is 17.5. The maximum absolute atomic E-state index is 13.1. The highest BCUT2D eigenvalue weighted by molar-refractivity contribution is 7.98. The molecule has 0 radical (unpaired) electrons. The largest absolute Gasteiger partial charge is 0.475 e. The van der Waals surface area contributed by atoms with Gasteiger partial charge in [-0.15, -0.1) is 0 Å². The number of H-pyrrole nitrogens is 1.